The Bertz CT molecular complexity index is 963. The van der Waals surface area contributed by atoms with Crippen LogP contribution in [-0.2, 0) is 33.6 Å². The summed E-state index contributed by atoms with van der Waals surface area (Å²) in [5.74, 6) is 0.0930. The fourth-order valence-corrected chi connectivity index (χ4v) is 6.32. The zero-order chi connectivity index (χ0) is 26.3. The van der Waals surface area contributed by atoms with Crippen molar-refractivity contribution in [3.8, 4) is 0 Å². The number of hydrogen-bond acceptors (Lipinski definition) is 8. The van der Waals surface area contributed by atoms with Gasteiger partial charge in [0.05, 0.1) is 38.8 Å². The molecule has 0 N–H and O–H groups in total. The predicted molar refractivity (Wildman–Crippen MR) is 131 cm³/mol. The number of fused-ring (bicyclic) bond motifs is 2. The highest BCUT2D eigenvalue weighted by Gasteiger charge is 2.53. The Labute approximate surface area is 214 Å². The van der Waals surface area contributed by atoms with Gasteiger partial charge in [0.2, 0.25) is 10.4 Å². The Balaban J connectivity index is 0.000000538. The maximum atomic E-state index is 13.4. The second-order valence-electron chi connectivity index (χ2n) is 10.2. The van der Waals surface area contributed by atoms with Gasteiger partial charge in [-0.3, -0.25) is 8.98 Å². The molecule has 5 atom stereocenters. The van der Waals surface area contributed by atoms with Crippen molar-refractivity contribution >= 4 is 22.3 Å². The number of carbonyl (C=O) groups excluding carboxylic acids is 2. The summed E-state index contributed by atoms with van der Waals surface area (Å²) in [5.41, 5.74) is 1.09. The molecule has 2 aliphatic heterocycles. The van der Waals surface area contributed by atoms with E-state index in [1.165, 1.54) is 12.8 Å². The Morgan fingerprint density at radius 1 is 1.06 bits per heavy atom. The van der Waals surface area contributed by atoms with Gasteiger partial charge in [0.1, 0.15) is 6.10 Å². The number of rotatable bonds is 8. The van der Waals surface area contributed by atoms with Crippen molar-refractivity contribution in [2.45, 2.75) is 82.4 Å². The highest BCUT2D eigenvalue weighted by molar-refractivity contribution is 7.80. The fourth-order valence-electron chi connectivity index (χ4n) is 6.32. The van der Waals surface area contributed by atoms with Crippen LogP contribution in [0.5, 0.6) is 0 Å². The second kappa shape index (κ2) is 12.5. The molecular weight excluding hydrogens is 486 g/mol. The third kappa shape index (κ3) is 7.27. The molecule has 0 radical (unpaired) electrons. The summed E-state index contributed by atoms with van der Waals surface area (Å²) in [5, 5.41) is 0. The zero-order valence-electron chi connectivity index (χ0n) is 21.5. The SMILES string of the molecule is CCOC(=O)C[N+]1(C)[C@@H]2CC[C@H]1CC(OC(=O)C(c1ccccc1)C1CCCC1)C2.COS(=O)(=O)[O-]. The molecule has 3 fully saturated rings. The lowest BCUT2D eigenvalue weighted by atomic mass is 9.84. The number of esters is 2. The molecule has 0 amide bonds. The lowest BCUT2D eigenvalue weighted by Crippen LogP contribution is -2.61. The summed E-state index contributed by atoms with van der Waals surface area (Å²) in [6.45, 7) is 2.71. The van der Waals surface area contributed by atoms with Gasteiger partial charge in [0.15, 0.2) is 6.54 Å². The normalized spacial score (nSPS) is 28.6. The largest absolute Gasteiger partial charge is 0.726 e. The quantitative estimate of drug-likeness (QED) is 0.220. The summed E-state index contributed by atoms with van der Waals surface area (Å²) in [7, 11) is -1.42. The smallest absolute Gasteiger partial charge is 0.361 e. The van der Waals surface area contributed by atoms with Crippen LogP contribution in [0, 0.1) is 5.92 Å². The van der Waals surface area contributed by atoms with Crippen molar-refractivity contribution in [1.29, 1.82) is 0 Å². The minimum atomic E-state index is -4.41. The molecule has 2 bridgehead atoms. The molecule has 1 aromatic rings. The topological polar surface area (TPSA) is 119 Å². The van der Waals surface area contributed by atoms with E-state index in [0.717, 1.165) is 55.7 Å². The van der Waals surface area contributed by atoms with Gasteiger partial charge in [-0.05, 0) is 31.2 Å². The molecule has 10 heteroatoms. The number of nitrogens with zero attached hydrogens (tertiary/aromatic N) is 1. The molecule has 1 saturated carbocycles. The zero-order valence-corrected chi connectivity index (χ0v) is 22.3. The van der Waals surface area contributed by atoms with Crippen LogP contribution in [0.3, 0.4) is 0 Å². The molecule has 3 unspecified atom stereocenters. The van der Waals surface area contributed by atoms with E-state index in [1.54, 1.807) is 0 Å². The molecule has 4 rings (SSSR count). The molecule has 0 aromatic heterocycles. The Morgan fingerprint density at radius 2 is 1.61 bits per heavy atom. The predicted octanol–water partition coefficient (Wildman–Crippen LogP) is 3.30. The number of hydrogen-bond donors (Lipinski definition) is 0. The molecule has 9 nitrogen and oxygen atoms in total. The van der Waals surface area contributed by atoms with Crippen LogP contribution in [0.1, 0.15) is 69.8 Å². The first-order valence-corrected chi connectivity index (χ1v) is 14.2. The van der Waals surface area contributed by atoms with Crippen LogP contribution >= 0.6 is 0 Å². The van der Waals surface area contributed by atoms with Gasteiger partial charge >= 0.3 is 11.9 Å². The summed E-state index contributed by atoms with van der Waals surface area (Å²) in [6, 6.07) is 10.9. The van der Waals surface area contributed by atoms with Gasteiger partial charge in [0.25, 0.3) is 0 Å². The van der Waals surface area contributed by atoms with Crippen LogP contribution in [0.2, 0.25) is 0 Å². The van der Waals surface area contributed by atoms with E-state index < -0.39 is 10.4 Å². The molecule has 0 spiro atoms. The van der Waals surface area contributed by atoms with Crippen LogP contribution in [0.15, 0.2) is 30.3 Å². The first kappa shape index (κ1) is 28.6. The van der Waals surface area contributed by atoms with E-state index in [2.05, 4.69) is 23.4 Å². The van der Waals surface area contributed by atoms with Gasteiger partial charge < -0.3 is 18.5 Å². The Hall–Kier alpha value is -2.01. The molecule has 1 aromatic carbocycles. The number of quaternary nitrogens is 1. The van der Waals surface area contributed by atoms with E-state index in [0.29, 0.717) is 31.2 Å². The van der Waals surface area contributed by atoms with Gasteiger partial charge in [-0.15, -0.1) is 0 Å². The number of ether oxygens (including phenoxy) is 2. The second-order valence-corrected chi connectivity index (χ2v) is 11.4. The monoisotopic (exact) mass is 525 g/mol. The van der Waals surface area contributed by atoms with Crippen molar-refractivity contribution in [3.05, 3.63) is 35.9 Å². The van der Waals surface area contributed by atoms with E-state index in [9.17, 15) is 22.6 Å². The fraction of sp³-hybridized carbons (Fsp3) is 0.692. The van der Waals surface area contributed by atoms with E-state index in [-0.39, 0.29) is 24.0 Å². The van der Waals surface area contributed by atoms with Crippen molar-refractivity contribution in [1.82, 2.24) is 0 Å². The molecule has 202 valence electrons. The average molecular weight is 526 g/mol. The maximum absolute atomic E-state index is 13.4. The van der Waals surface area contributed by atoms with Crippen molar-refractivity contribution in [3.63, 3.8) is 0 Å². The van der Waals surface area contributed by atoms with Gasteiger partial charge in [0, 0.05) is 25.7 Å². The van der Waals surface area contributed by atoms with Crippen molar-refractivity contribution < 1.29 is 40.7 Å². The lowest BCUT2D eigenvalue weighted by molar-refractivity contribution is -0.942. The molecule has 36 heavy (non-hydrogen) atoms. The van der Waals surface area contributed by atoms with Gasteiger partial charge in [-0.25, -0.2) is 13.2 Å². The summed E-state index contributed by atoms with van der Waals surface area (Å²) >= 11 is 0. The van der Waals surface area contributed by atoms with Crippen LogP contribution < -0.4 is 0 Å². The average Bonchev–Trinajstić information content (AvgIpc) is 3.37. The van der Waals surface area contributed by atoms with Crippen LogP contribution in [0.4, 0.5) is 0 Å². The molecule has 2 heterocycles. The number of piperidine rings is 1. The maximum Gasteiger partial charge on any atom is 0.361 e. The lowest BCUT2D eigenvalue weighted by Gasteiger charge is -2.46. The third-order valence-corrected chi connectivity index (χ3v) is 8.53. The highest BCUT2D eigenvalue weighted by atomic mass is 32.3. The number of likely N-dealkylation sites (N-methyl/N-ethyl adjacent to an activating group) is 1. The number of benzene rings is 1. The standard InChI is InChI=1S/C25H36NO4.CH4O4S/c1-3-29-23(27)17-26(2)20-13-14-21(26)16-22(15-20)30-25(28)24(19-11-7-8-12-19)18-9-5-4-6-10-18;1-5-6(2,3)4/h4-6,9-10,19-22,24H,3,7-8,11-17H2,1-2H3;1H3,(H,2,3,4)/q+1;/p-1/t20-,21+,22?,24?,26?;. The molecule has 1 aliphatic carbocycles. The van der Waals surface area contributed by atoms with E-state index in [4.69, 9.17) is 9.47 Å². The summed E-state index contributed by atoms with van der Waals surface area (Å²) < 4.78 is 43.2. The first-order valence-electron chi connectivity index (χ1n) is 12.8. The summed E-state index contributed by atoms with van der Waals surface area (Å²) in [6.07, 6.45) is 8.50. The highest BCUT2D eigenvalue weighted by Crippen LogP contribution is 2.43. The van der Waals surface area contributed by atoms with Crippen molar-refractivity contribution in [2.24, 2.45) is 5.92 Å². The van der Waals surface area contributed by atoms with E-state index in [1.807, 2.05) is 25.1 Å². The molecule has 3 aliphatic rings. The van der Waals surface area contributed by atoms with Crippen molar-refractivity contribution in [2.75, 3.05) is 27.3 Å². The van der Waals surface area contributed by atoms with Crippen LogP contribution in [-0.4, -0.2) is 74.9 Å². The minimum Gasteiger partial charge on any atom is -0.726 e. The molecule has 2 saturated heterocycles. The van der Waals surface area contributed by atoms with Crippen LogP contribution in [0.25, 0.3) is 0 Å². The Kier molecular flexibility index (Phi) is 9.91. The Morgan fingerprint density at radius 3 is 2.11 bits per heavy atom. The summed E-state index contributed by atoms with van der Waals surface area (Å²) in [4.78, 5) is 25.5. The third-order valence-electron chi connectivity index (χ3n) is 8.12. The minimum absolute atomic E-state index is 0.0315. The van der Waals surface area contributed by atoms with E-state index >= 15 is 0 Å². The van der Waals surface area contributed by atoms with Gasteiger partial charge in [-0.1, -0.05) is 43.2 Å². The van der Waals surface area contributed by atoms with Gasteiger partial charge in [-0.2, -0.15) is 0 Å². The first-order chi connectivity index (χ1) is 17.1. The number of carbonyl (C=O) groups is 2. The molecular formula is C26H39NO8S.